The number of ether oxygens (including phenoxy) is 1. The number of aromatic nitrogens is 4. The Bertz CT molecular complexity index is 1400. The van der Waals surface area contributed by atoms with Gasteiger partial charge in [0.1, 0.15) is 5.82 Å². The number of benzene rings is 1. The van der Waals surface area contributed by atoms with Crippen LogP contribution in [0.25, 0.3) is 22.6 Å². The number of carbonyl (C=O) groups is 1. The maximum Gasteiger partial charge on any atom is 0.407 e. The third-order valence-electron chi connectivity index (χ3n) is 5.29. The van der Waals surface area contributed by atoms with E-state index in [-0.39, 0.29) is 27.4 Å². The quantitative estimate of drug-likeness (QED) is 0.300. The molecular weight excluding hydrogens is 530 g/mol. The van der Waals surface area contributed by atoms with E-state index in [1.165, 1.54) is 13.2 Å². The van der Waals surface area contributed by atoms with Crippen LogP contribution in [0.3, 0.4) is 0 Å². The minimum absolute atomic E-state index is 0.0390. The van der Waals surface area contributed by atoms with Crippen molar-refractivity contribution in [1.82, 2.24) is 30.0 Å². The highest BCUT2D eigenvalue weighted by atomic mass is 35.5. The van der Waals surface area contributed by atoms with E-state index in [1.807, 2.05) is 27.7 Å². The van der Waals surface area contributed by atoms with Gasteiger partial charge in [-0.05, 0) is 45.0 Å². The Hall–Kier alpha value is -3.22. The van der Waals surface area contributed by atoms with Crippen LogP contribution in [-0.2, 0) is 20.2 Å². The summed E-state index contributed by atoms with van der Waals surface area (Å²) in [6, 6.07) is 5.83. The molecule has 38 heavy (non-hydrogen) atoms. The number of sulfonamides is 1. The second kappa shape index (κ2) is 11.7. The molecule has 0 fully saturated rings. The summed E-state index contributed by atoms with van der Waals surface area (Å²) in [5.41, 5.74) is 1.82. The van der Waals surface area contributed by atoms with Crippen LogP contribution in [-0.4, -0.2) is 60.2 Å². The maximum absolute atomic E-state index is 12.9. The molecule has 2 heterocycles. The molecule has 0 bridgehead atoms. The SMILES string of the molecule is COC(=O)N[C@@H](C)CNc1nccc(-c2[nH]c(C(C)(C)C)nc2-c2cc(Cl)cc(S(=O)(=O)NC(C)C)c2)n1. The summed E-state index contributed by atoms with van der Waals surface area (Å²) in [6.45, 7) is 11.7. The number of methoxy groups -OCH3 is 1. The van der Waals surface area contributed by atoms with Gasteiger partial charge in [0.2, 0.25) is 16.0 Å². The molecule has 0 unspecified atom stereocenters. The first kappa shape index (κ1) is 29.3. The zero-order chi connectivity index (χ0) is 28.3. The lowest BCUT2D eigenvalue weighted by atomic mass is 9.96. The summed E-state index contributed by atoms with van der Waals surface area (Å²) >= 11 is 6.38. The van der Waals surface area contributed by atoms with Gasteiger partial charge in [0, 0.05) is 40.8 Å². The summed E-state index contributed by atoms with van der Waals surface area (Å²) in [5, 5.41) is 6.03. The molecule has 4 N–H and O–H groups in total. The Morgan fingerprint density at radius 2 is 1.87 bits per heavy atom. The van der Waals surface area contributed by atoms with Gasteiger partial charge < -0.3 is 20.4 Å². The predicted molar refractivity (Wildman–Crippen MR) is 148 cm³/mol. The van der Waals surface area contributed by atoms with Crippen LogP contribution in [0.2, 0.25) is 5.02 Å². The number of nitrogens with one attached hydrogen (secondary N) is 4. The van der Waals surface area contributed by atoms with E-state index in [9.17, 15) is 13.2 Å². The Morgan fingerprint density at radius 1 is 1.16 bits per heavy atom. The van der Waals surface area contributed by atoms with E-state index in [2.05, 4.69) is 35.0 Å². The molecule has 1 aromatic carbocycles. The number of nitrogens with zero attached hydrogens (tertiary/aromatic N) is 3. The van der Waals surface area contributed by atoms with Crippen molar-refractivity contribution in [2.75, 3.05) is 19.0 Å². The first-order valence-corrected chi connectivity index (χ1v) is 13.9. The number of halogens is 1. The van der Waals surface area contributed by atoms with Crippen molar-refractivity contribution in [3.63, 3.8) is 0 Å². The lowest BCUT2D eigenvalue weighted by molar-refractivity contribution is 0.168. The van der Waals surface area contributed by atoms with E-state index in [0.717, 1.165) is 0 Å². The van der Waals surface area contributed by atoms with Gasteiger partial charge in [-0.15, -0.1) is 0 Å². The number of aromatic amines is 1. The van der Waals surface area contributed by atoms with Gasteiger partial charge in [-0.1, -0.05) is 32.4 Å². The minimum atomic E-state index is -3.79. The molecule has 0 saturated heterocycles. The predicted octanol–water partition coefficient (Wildman–Crippen LogP) is 4.33. The van der Waals surface area contributed by atoms with Crippen molar-refractivity contribution in [2.24, 2.45) is 0 Å². The third kappa shape index (κ3) is 7.42. The number of anilines is 1. The van der Waals surface area contributed by atoms with Gasteiger partial charge in [0.05, 0.1) is 29.1 Å². The van der Waals surface area contributed by atoms with Crippen LogP contribution < -0.4 is 15.4 Å². The number of hydrogen-bond donors (Lipinski definition) is 4. The standard InChI is InChI=1S/C25H34ClN7O4S/c1-14(2)33-38(35,36)18-11-16(10-17(26)12-18)20-21(32-22(31-20)25(4,5)6)19-8-9-27-23(30-19)28-13-15(3)29-24(34)37-7/h8-12,14-15,33H,13H2,1-7H3,(H,29,34)(H,31,32)(H,27,28,30)/t15-/m0/s1. The van der Waals surface area contributed by atoms with Gasteiger partial charge >= 0.3 is 6.09 Å². The molecule has 0 aliphatic rings. The molecule has 0 spiro atoms. The number of amides is 1. The van der Waals surface area contributed by atoms with E-state index < -0.39 is 16.1 Å². The Balaban J connectivity index is 2.05. The van der Waals surface area contributed by atoms with Gasteiger partial charge in [0.25, 0.3) is 0 Å². The maximum atomic E-state index is 12.9. The summed E-state index contributed by atoms with van der Waals surface area (Å²) < 4.78 is 33.0. The Morgan fingerprint density at radius 3 is 2.50 bits per heavy atom. The van der Waals surface area contributed by atoms with Crippen molar-refractivity contribution in [1.29, 1.82) is 0 Å². The topological polar surface area (TPSA) is 151 Å². The highest BCUT2D eigenvalue weighted by molar-refractivity contribution is 7.89. The number of imidazole rings is 1. The molecule has 11 nitrogen and oxygen atoms in total. The zero-order valence-corrected chi connectivity index (χ0v) is 24.1. The first-order chi connectivity index (χ1) is 17.7. The van der Waals surface area contributed by atoms with Gasteiger partial charge in [-0.3, -0.25) is 0 Å². The summed E-state index contributed by atoms with van der Waals surface area (Å²) in [5.74, 6) is 1.03. The molecule has 13 heteroatoms. The lowest BCUT2D eigenvalue weighted by Gasteiger charge is -2.14. The lowest BCUT2D eigenvalue weighted by Crippen LogP contribution is -2.37. The fourth-order valence-corrected chi connectivity index (χ4v) is 5.11. The molecule has 2 aromatic heterocycles. The monoisotopic (exact) mass is 563 g/mol. The second-order valence-electron chi connectivity index (χ2n) is 10.2. The van der Waals surface area contributed by atoms with Crippen molar-refractivity contribution in [2.45, 2.75) is 63.9 Å². The molecule has 1 atom stereocenters. The molecule has 0 aliphatic heterocycles. The fourth-order valence-electron chi connectivity index (χ4n) is 3.49. The van der Waals surface area contributed by atoms with Crippen molar-refractivity contribution >= 4 is 33.7 Å². The summed E-state index contributed by atoms with van der Waals surface area (Å²) in [7, 11) is -2.49. The average Bonchev–Trinajstić information content (AvgIpc) is 3.28. The molecule has 3 rings (SSSR count). The normalized spacial score (nSPS) is 12.9. The number of rotatable bonds is 9. The number of H-pyrrole nitrogens is 1. The first-order valence-electron chi connectivity index (χ1n) is 12.0. The zero-order valence-electron chi connectivity index (χ0n) is 22.5. The molecule has 0 radical (unpaired) electrons. The van der Waals surface area contributed by atoms with Crippen molar-refractivity contribution in [3.8, 4) is 22.6 Å². The van der Waals surface area contributed by atoms with Crippen molar-refractivity contribution < 1.29 is 17.9 Å². The number of hydrogen-bond acceptors (Lipinski definition) is 8. The number of alkyl carbamates (subject to hydrolysis) is 1. The minimum Gasteiger partial charge on any atom is -0.453 e. The molecule has 206 valence electrons. The largest absolute Gasteiger partial charge is 0.453 e. The Kier molecular flexibility index (Phi) is 9.01. The van der Waals surface area contributed by atoms with E-state index in [4.69, 9.17) is 16.6 Å². The van der Waals surface area contributed by atoms with Crippen LogP contribution in [0, 0.1) is 0 Å². The van der Waals surface area contributed by atoms with Crippen molar-refractivity contribution in [3.05, 3.63) is 41.3 Å². The highest BCUT2D eigenvalue weighted by Crippen LogP contribution is 2.35. The molecule has 1 amide bonds. The van der Waals surface area contributed by atoms with Gasteiger partial charge in [0.15, 0.2) is 0 Å². The van der Waals surface area contributed by atoms with E-state index in [0.29, 0.717) is 41.0 Å². The number of carbonyl (C=O) groups excluding carboxylic acids is 1. The highest BCUT2D eigenvalue weighted by Gasteiger charge is 2.25. The average molecular weight is 564 g/mol. The fraction of sp³-hybridized carbons (Fsp3) is 0.440. The molecule has 3 aromatic rings. The summed E-state index contributed by atoms with van der Waals surface area (Å²) in [4.78, 5) is 28.6. The third-order valence-corrected chi connectivity index (χ3v) is 7.14. The Labute approximate surface area is 228 Å². The molecular formula is C25H34ClN7O4S. The van der Waals surface area contributed by atoms with Crippen LogP contribution in [0.5, 0.6) is 0 Å². The molecule has 0 saturated carbocycles. The van der Waals surface area contributed by atoms with Crippen LogP contribution in [0.4, 0.5) is 10.7 Å². The van der Waals surface area contributed by atoms with Gasteiger partial charge in [-0.2, -0.15) is 0 Å². The second-order valence-corrected chi connectivity index (χ2v) is 12.3. The van der Waals surface area contributed by atoms with Crippen LogP contribution >= 0.6 is 11.6 Å². The van der Waals surface area contributed by atoms with E-state index >= 15 is 0 Å². The van der Waals surface area contributed by atoms with Crippen LogP contribution in [0.15, 0.2) is 35.4 Å². The van der Waals surface area contributed by atoms with E-state index in [1.54, 1.807) is 38.2 Å². The van der Waals surface area contributed by atoms with Gasteiger partial charge in [-0.25, -0.2) is 32.9 Å². The summed E-state index contributed by atoms with van der Waals surface area (Å²) in [6.07, 6.45) is 1.07. The van der Waals surface area contributed by atoms with Crippen LogP contribution in [0.1, 0.15) is 47.4 Å². The smallest absolute Gasteiger partial charge is 0.407 e. The molecule has 0 aliphatic carbocycles.